The Morgan fingerprint density at radius 3 is 2.42 bits per heavy atom. The number of aromatic nitrogens is 1. The second-order valence-electron chi connectivity index (χ2n) is 3.65. The average Bonchev–Trinajstić information content (AvgIpc) is 2.30. The first-order chi connectivity index (χ1) is 5.41. The summed E-state index contributed by atoms with van der Waals surface area (Å²) in [4.78, 5) is 4.71. The van der Waals surface area contributed by atoms with E-state index in [4.69, 9.17) is 18.0 Å². The highest BCUT2D eigenvalue weighted by atomic mass is 32.1. The number of hydrogen-bond acceptors (Lipinski definition) is 3. The van der Waals surface area contributed by atoms with E-state index in [9.17, 15) is 0 Å². The third kappa shape index (κ3) is 2.01. The van der Waals surface area contributed by atoms with Gasteiger partial charge < -0.3 is 5.73 Å². The number of thiazole rings is 1. The smallest absolute Gasteiger partial charge is 0.123 e. The summed E-state index contributed by atoms with van der Waals surface area (Å²) in [5.41, 5.74) is 6.27. The zero-order chi connectivity index (χ0) is 9.35. The summed E-state index contributed by atoms with van der Waals surface area (Å²) in [6.45, 7) is 6.36. The zero-order valence-corrected chi connectivity index (χ0v) is 9.05. The van der Waals surface area contributed by atoms with Crippen LogP contribution in [0.25, 0.3) is 0 Å². The highest BCUT2D eigenvalue weighted by molar-refractivity contribution is 7.80. The Hall–Kier alpha value is -0.480. The van der Waals surface area contributed by atoms with E-state index in [2.05, 4.69) is 25.8 Å². The molecule has 0 atom stereocenters. The average molecular weight is 200 g/mol. The lowest BCUT2D eigenvalue weighted by Gasteiger charge is -2.13. The van der Waals surface area contributed by atoms with Crippen LogP contribution in [0.1, 0.15) is 31.5 Å². The van der Waals surface area contributed by atoms with Crippen LogP contribution in [-0.2, 0) is 5.41 Å². The molecule has 0 aliphatic heterocycles. The Labute approximate surface area is 81.8 Å². The lowest BCUT2D eigenvalue weighted by molar-refractivity contribution is 0.585. The Bertz CT molecular complexity index is 296. The van der Waals surface area contributed by atoms with Crippen molar-refractivity contribution in [3.63, 3.8) is 0 Å². The minimum Gasteiger partial charge on any atom is -0.388 e. The summed E-state index contributed by atoms with van der Waals surface area (Å²) in [5, 5.41) is 2.98. The van der Waals surface area contributed by atoms with Gasteiger partial charge in [0.2, 0.25) is 0 Å². The van der Waals surface area contributed by atoms with Gasteiger partial charge in [-0.1, -0.05) is 33.0 Å². The van der Waals surface area contributed by atoms with Crippen LogP contribution in [-0.4, -0.2) is 9.97 Å². The molecule has 0 spiro atoms. The minimum absolute atomic E-state index is 0.0910. The first-order valence-corrected chi connectivity index (χ1v) is 4.96. The van der Waals surface area contributed by atoms with E-state index in [1.165, 1.54) is 0 Å². The second kappa shape index (κ2) is 3.11. The molecule has 0 fully saturated rings. The van der Waals surface area contributed by atoms with Crippen molar-refractivity contribution in [1.29, 1.82) is 0 Å². The van der Waals surface area contributed by atoms with E-state index in [1.54, 1.807) is 11.3 Å². The van der Waals surface area contributed by atoms with E-state index in [0.717, 1.165) is 10.7 Å². The van der Waals surface area contributed by atoms with Crippen LogP contribution in [0.15, 0.2) is 5.38 Å². The second-order valence-corrected chi connectivity index (χ2v) is 4.95. The monoisotopic (exact) mass is 200 g/mol. The predicted octanol–water partition coefficient (Wildman–Crippen LogP) is 2.07. The fourth-order valence-corrected chi connectivity index (χ4v) is 1.82. The molecule has 2 nitrogen and oxygen atoms in total. The molecule has 0 aliphatic carbocycles. The molecule has 0 aliphatic rings. The molecule has 0 radical (unpaired) electrons. The Morgan fingerprint density at radius 1 is 1.58 bits per heavy atom. The van der Waals surface area contributed by atoms with E-state index in [-0.39, 0.29) is 5.41 Å². The van der Waals surface area contributed by atoms with Crippen molar-refractivity contribution in [2.24, 2.45) is 5.73 Å². The minimum atomic E-state index is 0.0910. The van der Waals surface area contributed by atoms with Crippen LogP contribution in [0.2, 0.25) is 0 Å². The van der Waals surface area contributed by atoms with Gasteiger partial charge in [0.25, 0.3) is 0 Å². The maximum Gasteiger partial charge on any atom is 0.123 e. The molecule has 0 amide bonds. The van der Waals surface area contributed by atoms with Crippen molar-refractivity contribution >= 4 is 28.5 Å². The third-order valence-electron chi connectivity index (χ3n) is 1.40. The molecule has 1 heterocycles. The standard InChI is InChI=1S/C8H12N2S2/c1-8(2,3)7-10-5(4-12-7)6(9)11/h4H,1-3H3,(H2,9,11). The van der Waals surface area contributed by atoms with Gasteiger partial charge in [-0.25, -0.2) is 4.98 Å². The van der Waals surface area contributed by atoms with Crippen LogP contribution in [0.5, 0.6) is 0 Å². The van der Waals surface area contributed by atoms with Crippen LogP contribution in [0.4, 0.5) is 0 Å². The Morgan fingerprint density at radius 2 is 2.17 bits per heavy atom. The molecule has 0 bridgehead atoms. The molecular formula is C8H12N2S2. The van der Waals surface area contributed by atoms with E-state index >= 15 is 0 Å². The largest absolute Gasteiger partial charge is 0.388 e. The first kappa shape index (κ1) is 9.61. The summed E-state index contributed by atoms with van der Waals surface area (Å²) < 4.78 is 0. The molecule has 66 valence electrons. The molecule has 0 unspecified atom stereocenters. The number of thiocarbonyl (C=S) groups is 1. The summed E-state index contributed by atoms with van der Waals surface area (Å²) in [6.07, 6.45) is 0. The first-order valence-electron chi connectivity index (χ1n) is 3.67. The fourth-order valence-electron chi connectivity index (χ4n) is 0.731. The van der Waals surface area contributed by atoms with E-state index < -0.39 is 0 Å². The van der Waals surface area contributed by atoms with Crippen LogP contribution in [0.3, 0.4) is 0 Å². The molecular weight excluding hydrogens is 188 g/mol. The summed E-state index contributed by atoms with van der Waals surface area (Å²) >= 11 is 6.43. The summed E-state index contributed by atoms with van der Waals surface area (Å²) in [7, 11) is 0. The van der Waals surface area contributed by atoms with Gasteiger partial charge in [0.05, 0.1) is 5.01 Å². The number of nitrogens with two attached hydrogens (primary N) is 1. The van der Waals surface area contributed by atoms with Gasteiger partial charge in [0, 0.05) is 10.8 Å². The van der Waals surface area contributed by atoms with Crippen molar-refractivity contribution in [3.05, 3.63) is 16.1 Å². The van der Waals surface area contributed by atoms with E-state index in [1.807, 2.05) is 5.38 Å². The van der Waals surface area contributed by atoms with Crippen molar-refractivity contribution in [2.45, 2.75) is 26.2 Å². The molecule has 1 rings (SSSR count). The lowest BCUT2D eigenvalue weighted by Crippen LogP contribution is -2.13. The molecule has 0 aromatic carbocycles. The molecule has 4 heteroatoms. The predicted molar refractivity (Wildman–Crippen MR) is 56.7 cm³/mol. The normalized spacial score (nSPS) is 11.6. The molecule has 0 saturated heterocycles. The van der Waals surface area contributed by atoms with Crippen LogP contribution in [0, 0.1) is 0 Å². The number of nitrogens with zero attached hydrogens (tertiary/aromatic N) is 1. The highest BCUT2D eigenvalue weighted by Crippen LogP contribution is 2.25. The SMILES string of the molecule is CC(C)(C)c1nc(C(N)=S)cs1. The molecule has 12 heavy (non-hydrogen) atoms. The van der Waals surface area contributed by atoms with Crippen LogP contribution < -0.4 is 5.73 Å². The van der Waals surface area contributed by atoms with Gasteiger partial charge in [-0.05, 0) is 0 Å². The molecule has 0 saturated carbocycles. The third-order valence-corrected chi connectivity index (χ3v) is 2.88. The van der Waals surface area contributed by atoms with Gasteiger partial charge in [0.15, 0.2) is 0 Å². The number of hydrogen-bond donors (Lipinski definition) is 1. The molecule has 1 aromatic heterocycles. The Balaban J connectivity index is 3.00. The van der Waals surface area contributed by atoms with Gasteiger partial charge in [-0.15, -0.1) is 11.3 Å². The maximum absolute atomic E-state index is 5.45. The summed E-state index contributed by atoms with van der Waals surface area (Å²) in [6, 6.07) is 0. The van der Waals surface area contributed by atoms with Gasteiger partial charge in [-0.2, -0.15) is 0 Å². The quantitative estimate of drug-likeness (QED) is 0.705. The van der Waals surface area contributed by atoms with Gasteiger partial charge >= 0.3 is 0 Å². The maximum atomic E-state index is 5.45. The zero-order valence-electron chi connectivity index (χ0n) is 7.42. The van der Waals surface area contributed by atoms with Crippen LogP contribution >= 0.6 is 23.6 Å². The lowest BCUT2D eigenvalue weighted by atomic mass is 9.98. The van der Waals surface area contributed by atoms with Crippen molar-refractivity contribution < 1.29 is 0 Å². The molecule has 1 aromatic rings. The summed E-state index contributed by atoms with van der Waals surface area (Å²) in [5.74, 6) is 0. The molecule has 2 N–H and O–H groups in total. The Kier molecular flexibility index (Phi) is 2.49. The topological polar surface area (TPSA) is 38.9 Å². The van der Waals surface area contributed by atoms with Crippen molar-refractivity contribution in [3.8, 4) is 0 Å². The van der Waals surface area contributed by atoms with Gasteiger partial charge in [0.1, 0.15) is 10.7 Å². The fraction of sp³-hybridized carbons (Fsp3) is 0.500. The van der Waals surface area contributed by atoms with Crippen molar-refractivity contribution in [1.82, 2.24) is 4.98 Å². The van der Waals surface area contributed by atoms with E-state index in [0.29, 0.717) is 4.99 Å². The van der Waals surface area contributed by atoms with Gasteiger partial charge in [-0.3, -0.25) is 0 Å². The highest BCUT2D eigenvalue weighted by Gasteiger charge is 2.18. The number of rotatable bonds is 1. The van der Waals surface area contributed by atoms with Crippen molar-refractivity contribution in [2.75, 3.05) is 0 Å².